The number of phosphoric ester groups is 1. The fourth-order valence-electron chi connectivity index (χ4n) is 3.33. The quantitative estimate of drug-likeness (QED) is 0.276. The number of halogens is 1. The van der Waals surface area contributed by atoms with Crippen LogP contribution in [0, 0.1) is 25.7 Å². The van der Waals surface area contributed by atoms with Gasteiger partial charge in [0.05, 0.1) is 36.4 Å². The van der Waals surface area contributed by atoms with Crippen LogP contribution in [0.25, 0.3) is 11.0 Å². The van der Waals surface area contributed by atoms with Gasteiger partial charge in [-0.3, -0.25) is 9.51 Å². The first-order valence-electron chi connectivity index (χ1n) is 9.54. The normalized spacial score (nSPS) is 12.5. The number of ether oxygens (including phenoxy) is 1. The first kappa shape index (κ1) is 24.0. The van der Waals surface area contributed by atoms with Crippen LogP contribution in [0.3, 0.4) is 0 Å². The first-order valence-corrected chi connectivity index (χ1v) is 11.4. The summed E-state index contributed by atoms with van der Waals surface area (Å²) in [6, 6.07) is 0. The molecule has 3 aromatic heterocycles. The first-order chi connectivity index (χ1) is 15.0. The molecular weight excluding hydrogens is 457 g/mol. The Morgan fingerprint density at radius 2 is 2.06 bits per heavy atom. The van der Waals surface area contributed by atoms with Crippen LogP contribution in [0.5, 0.6) is 5.75 Å². The van der Waals surface area contributed by atoms with Gasteiger partial charge in [-0.2, -0.15) is 4.98 Å². The molecule has 0 amide bonds. The van der Waals surface area contributed by atoms with Crippen molar-refractivity contribution in [1.82, 2.24) is 19.5 Å². The van der Waals surface area contributed by atoms with Gasteiger partial charge in [-0.25, -0.2) is 9.55 Å². The zero-order valence-corrected chi connectivity index (χ0v) is 19.6. The molecule has 0 bridgehead atoms. The number of nitrogens with zero attached hydrogens (tertiary/aromatic N) is 4. The molecule has 0 saturated heterocycles. The molecule has 1 atom stereocenters. The van der Waals surface area contributed by atoms with Crippen LogP contribution in [0.2, 0.25) is 5.15 Å². The predicted octanol–water partition coefficient (Wildman–Crippen LogP) is 2.98. The average Bonchev–Trinajstić information content (AvgIpc) is 3.00. The third-order valence-corrected chi connectivity index (χ3v) is 5.60. The minimum absolute atomic E-state index is 0.0243. The van der Waals surface area contributed by atoms with Crippen LogP contribution in [-0.4, -0.2) is 42.5 Å². The van der Waals surface area contributed by atoms with Crippen LogP contribution in [-0.2, 0) is 15.6 Å². The number of aryl methyl sites for hydroxylation is 1. The molecule has 170 valence electrons. The Balaban J connectivity index is 2.01. The maximum atomic E-state index is 11.0. The predicted molar refractivity (Wildman–Crippen MR) is 120 cm³/mol. The molecule has 0 radical (unpaired) electrons. The van der Waals surface area contributed by atoms with Crippen LogP contribution >= 0.6 is 19.4 Å². The number of pyridine rings is 1. The Morgan fingerprint density at radius 1 is 1.34 bits per heavy atom. The summed E-state index contributed by atoms with van der Waals surface area (Å²) in [5, 5.41) is 0.676. The fraction of sp³-hybridized carbons (Fsp3) is 0.350. The summed E-state index contributed by atoms with van der Waals surface area (Å²) >= 11 is 6.34. The standard InChI is InChI=1S/C20H23ClN5O5P/c1-11-8-23-15(13(3)17(11)30-4)10-26-9-14(7-5-6-12(2)31-32(27,28)29)16-18(21)24-20(22)25-19(16)26/h8-9,12H,6,10H2,1-4H3,(H2,22,24,25)(H2,27,28,29). The molecule has 3 heterocycles. The van der Waals surface area contributed by atoms with Crippen LogP contribution in [0.4, 0.5) is 5.95 Å². The van der Waals surface area contributed by atoms with E-state index in [1.807, 2.05) is 18.4 Å². The van der Waals surface area contributed by atoms with Gasteiger partial charge < -0.3 is 24.8 Å². The largest absolute Gasteiger partial charge is 0.496 e. The van der Waals surface area contributed by atoms with E-state index in [-0.39, 0.29) is 17.5 Å². The highest BCUT2D eigenvalue weighted by molar-refractivity contribution is 7.46. The number of hydrogen-bond donors (Lipinski definition) is 3. The maximum absolute atomic E-state index is 11.0. The maximum Gasteiger partial charge on any atom is 0.469 e. The molecule has 3 aromatic rings. The fourth-order valence-corrected chi connectivity index (χ4v) is 4.14. The highest BCUT2D eigenvalue weighted by Crippen LogP contribution is 2.38. The van der Waals surface area contributed by atoms with Crippen molar-refractivity contribution in [1.29, 1.82) is 0 Å². The van der Waals surface area contributed by atoms with Crippen LogP contribution in [0.15, 0.2) is 12.4 Å². The van der Waals surface area contributed by atoms with E-state index in [0.29, 0.717) is 23.1 Å². The van der Waals surface area contributed by atoms with Crippen LogP contribution < -0.4 is 10.5 Å². The van der Waals surface area contributed by atoms with Crippen molar-refractivity contribution in [2.24, 2.45) is 0 Å². The zero-order valence-electron chi connectivity index (χ0n) is 18.0. The number of rotatable bonds is 6. The molecule has 0 saturated carbocycles. The topological polar surface area (TPSA) is 146 Å². The summed E-state index contributed by atoms with van der Waals surface area (Å²) in [6.45, 7) is 5.74. The summed E-state index contributed by atoms with van der Waals surface area (Å²) < 4.78 is 22.9. The Morgan fingerprint density at radius 3 is 2.72 bits per heavy atom. The van der Waals surface area contributed by atoms with E-state index < -0.39 is 13.9 Å². The molecule has 4 N–H and O–H groups in total. The van der Waals surface area contributed by atoms with Gasteiger partial charge in [0.15, 0.2) is 0 Å². The van der Waals surface area contributed by atoms with E-state index in [1.54, 1.807) is 19.5 Å². The lowest BCUT2D eigenvalue weighted by Crippen LogP contribution is -2.07. The third kappa shape index (κ3) is 5.38. The summed E-state index contributed by atoms with van der Waals surface area (Å²) in [7, 11) is -2.97. The monoisotopic (exact) mass is 479 g/mol. The average molecular weight is 480 g/mol. The Kier molecular flexibility index (Phi) is 7.08. The Bertz CT molecular complexity index is 1280. The van der Waals surface area contributed by atoms with Gasteiger partial charge in [0.25, 0.3) is 0 Å². The smallest absolute Gasteiger partial charge is 0.469 e. The van der Waals surface area contributed by atoms with E-state index in [2.05, 4.69) is 31.3 Å². The number of methoxy groups -OCH3 is 1. The number of nitrogen functional groups attached to an aromatic ring is 1. The van der Waals surface area contributed by atoms with Gasteiger partial charge in [-0.15, -0.1) is 0 Å². The summed E-state index contributed by atoms with van der Waals surface area (Å²) in [6.07, 6.45) is 2.85. The highest BCUT2D eigenvalue weighted by atomic mass is 35.5. The lowest BCUT2D eigenvalue weighted by molar-refractivity contribution is 0.148. The molecule has 1 unspecified atom stereocenters. The van der Waals surface area contributed by atoms with Gasteiger partial charge >= 0.3 is 7.82 Å². The second-order valence-corrected chi connectivity index (χ2v) is 8.75. The summed E-state index contributed by atoms with van der Waals surface area (Å²) in [5.74, 6) is 6.61. The molecule has 0 aliphatic rings. The number of anilines is 1. The highest BCUT2D eigenvalue weighted by Gasteiger charge is 2.19. The number of aromatic nitrogens is 4. The van der Waals surface area contributed by atoms with Crippen molar-refractivity contribution in [2.45, 2.75) is 39.8 Å². The van der Waals surface area contributed by atoms with E-state index in [4.69, 9.17) is 31.9 Å². The molecule has 0 fully saturated rings. The number of phosphoric acid groups is 1. The lowest BCUT2D eigenvalue weighted by Gasteiger charge is -2.13. The molecule has 0 aliphatic heterocycles. The van der Waals surface area contributed by atoms with Crippen molar-refractivity contribution in [3.63, 3.8) is 0 Å². The molecule has 0 aliphatic carbocycles. The molecule has 3 rings (SSSR count). The molecule has 10 nitrogen and oxygen atoms in total. The van der Waals surface area contributed by atoms with Gasteiger partial charge in [0, 0.05) is 29.9 Å². The Labute approximate surface area is 190 Å². The van der Waals surface area contributed by atoms with Crippen molar-refractivity contribution in [3.8, 4) is 17.6 Å². The van der Waals surface area contributed by atoms with Gasteiger partial charge in [-0.1, -0.05) is 23.4 Å². The van der Waals surface area contributed by atoms with Gasteiger partial charge in [0.2, 0.25) is 5.95 Å². The molecule has 0 aromatic carbocycles. The third-order valence-electron chi connectivity index (χ3n) is 4.69. The van der Waals surface area contributed by atoms with Crippen molar-refractivity contribution in [2.75, 3.05) is 12.8 Å². The SMILES string of the molecule is COc1c(C)cnc(Cn2cc(C#CCC(C)OP(=O)(O)O)c3c(Cl)nc(N)nc32)c1C. The van der Waals surface area contributed by atoms with Gasteiger partial charge in [0.1, 0.15) is 16.5 Å². The van der Waals surface area contributed by atoms with Crippen molar-refractivity contribution >= 4 is 36.4 Å². The lowest BCUT2D eigenvalue weighted by atomic mass is 10.1. The summed E-state index contributed by atoms with van der Waals surface area (Å²) in [4.78, 5) is 30.7. The van der Waals surface area contributed by atoms with E-state index in [1.165, 1.54) is 6.92 Å². The Hall–Kier alpha value is -2.67. The molecule has 32 heavy (non-hydrogen) atoms. The second kappa shape index (κ2) is 9.45. The molecule has 0 spiro atoms. The second-order valence-electron chi connectivity index (χ2n) is 7.20. The molecule has 12 heteroatoms. The number of hydrogen-bond acceptors (Lipinski definition) is 7. The van der Waals surface area contributed by atoms with Crippen LogP contribution in [0.1, 0.15) is 35.7 Å². The van der Waals surface area contributed by atoms with Gasteiger partial charge in [-0.05, 0) is 20.8 Å². The minimum atomic E-state index is -4.58. The van der Waals surface area contributed by atoms with E-state index >= 15 is 0 Å². The number of fused-ring (bicyclic) bond motifs is 1. The zero-order chi connectivity index (χ0) is 23.6. The van der Waals surface area contributed by atoms with E-state index in [9.17, 15) is 4.57 Å². The van der Waals surface area contributed by atoms with Crippen molar-refractivity contribution in [3.05, 3.63) is 39.9 Å². The summed E-state index contributed by atoms with van der Waals surface area (Å²) in [5.41, 5.74) is 9.46. The molecular formula is C20H23ClN5O5P. The minimum Gasteiger partial charge on any atom is -0.496 e. The number of nitrogens with two attached hydrogens (primary N) is 1. The van der Waals surface area contributed by atoms with E-state index in [0.717, 1.165) is 22.6 Å². The van der Waals surface area contributed by atoms with Crippen molar-refractivity contribution < 1.29 is 23.6 Å².